The van der Waals surface area contributed by atoms with Gasteiger partial charge in [0.15, 0.2) is 0 Å². The molecular weight excluding hydrogens is 230 g/mol. The number of nitrogens with one attached hydrogen (secondary N) is 1. The molecule has 2 heterocycles. The predicted molar refractivity (Wildman–Crippen MR) is 70.7 cm³/mol. The zero-order valence-electron chi connectivity index (χ0n) is 9.08. The Morgan fingerprint density at radius 3 is 2.71 bits per heavy atom. The van der Waals surface area contributed by atoms with E-state index in [2.05, 4.69) is 33.7 Å². The highest BCUT2D eigenvalue weighted by atomic mass is 32.2. The fourth-order valence-corrected chi connectivity index (χ4v) is 2.65. The lowest BCUT2D eigenvalue weighted by Crippen LogP contribution is -2.06. The van der Waals surface area contributed by atoms with Crippen LogP contribution in [0.4, 0.5) is 0 Å². The van der Waals surface area contributed by atoms with Crippen LogP contribution in [-0.2, 0) is 0 Å². The average Bonchev–Trinajstić information content (AvgIpc) is 2.90. The van der Waals surface area contributed by atoms with Gasteiger partial charge in [0, 0.05) is 23.5 Å². The van der Waals surface area contributed by atoms with E-state index in [1.54, 1.807) is 18.0 Å². The summed E-state index contributed by atoms with van der Waals surface area (Å²) >= 11 is 1.72. The highest BCUT2D eigenvalue weighted by Gasteiger charge is 2.21. The number of benzene rings is 1. The van der Waals surface area contributed by atoms with E-state index < -0.39 is 0 Å². The molecule has 0 spiro atoms. The molecule has 0 saturated carbocycles. The van der Waals surface area contributed by atoms with Gasteiger partial charge < -0.3 is 0 Å². The van der Waals surface area contributed by atoms with Crippen molar-refractivity contribution in [3.63, 3.8) is 0 Å². The topological polar surface area (TPSA) is 37.3 Å². The van der Waals surface area contributed by atoms with E-state index >= 15 is 0 Å². The molecule has 0 aliphatic carbocycles. The van der Waals surface area contributed by atoms with Gasteiger partial charge in [-0.05, 0) is 6.07 Å². The number of hydrogen-bond donors (Lipinski definition) is 1. The van der Waals surface area contributed by atoms with Crippen molar-refractivity contribution in [2.24, 2.45) is 5.10 Å². The van der Waals surface area contributed by atoms with Crippen LogP contribution in [0.1, 0.15) is 16.5 Å². The van der Waals surface area contributed by atoms with Gasteiger partial charge in [0.2, 0.25) is 0 Å². The first kappa shape index (κ1) is 10.4. The summed E-state index contributed by atoms with van der Waals surface area (Å²) in [5.41, 5.74) is 5.43. The zero-order chi connectivity index (χ0) is 11.5. The van der Waals surface area contributed by atoms with E-state index in [1.807, 2.05) is 30.5 Å². The van der Waals surface area contributed by atoms with Gasteiger partial charge in [0.1, 0.15) is 10.4 Å². The van der Waals surface area contributed by atoms with Crippen LogP contribution < -0.4 is 5.43 Å². The molecule has 0 amide bonds. The highest BCUT2D eigenvalue weighted by Crippen LogP contribution is 2.33. The van der Waals surface area contributed by atoms with Gasteiger partial charge in [0.25, 0.3) is 0 Å². The number of pyridine rings is 1. The second-order valence-electron chi connectivity index (χ2n) is 3.70. The van der Waals surface area contributed by atoms with E-state index in [9.17, 15) is 0 Å². The van der Waals surface area contributed by atoms with Crippen molar-refractivity contribution in [1.29, 1.82) is 0 Å². The Labute approximate surface area is 104 Å². The number of hydrogen-bond acceptors (Lipinski definition) is 4. The molecule has 4 heteroatoms. The predicted octanol–water partition coefficient (Wildman–Crippen LogP) is 2.78. The minimum absolute atomic E-state index is 0.166. The molecule has 17 heavy (non-hydrogen) atoms. The minimum Gasteiger partial charge on any atom is -0.291 e. The van der Waals surface area contributed by atoms with Gasteiger partial charge in [-0.25, -0.2) is 0 Å². The highest BCUT2D eigenvalue weighted by molar-refractivity contribution is 8.14. The summed E-state index contributed by atoms with van der Waals surface area (Å²) in [7, 11) is 0. The van der Waals surface area contributed by atoms with Crippen molar-refractivity contribution in [3.05, 3.63) is 66.0 Å². The van der Waals surface area contributed by atoms with E-state index in [1.165, 1.54) is 0 Å². The average molecular weight is 241 g/mol. The van der Waals surface area contributed by atoms with Crippen molar-refractivity contribution >= 4 is 16.8 Å². The maximum Gasteiger partial charge on any atom is 0.126 e. The second kappa shape index (κ2) is 4.59. The Morgan fingerprint density at radius 1 is 1.06 bits per heavy atom. The van der Waals surface area contributed by atoms with Gasteiger partial charge >= 0.3 is 0 Å². The summed E-state index contributed by atoms with van der Waals surface area (Å²) in [6.45, 7) is 0. The summed E-state index contributed by atoms with van der Waals surface area (Å²) in [5, 5.41) is 5.56. The molecule has 3 rings (SSSR count). The van der Waals surface area contributed by atoms with Gasteiger partial charge in [-0.15, -0.1) is 0 Å². The first-order valence-corrected chi connectivity index (χ1v) is 6.27. The largest absolute Gasteiger partial charge is 0.291 e. The van der Waals surface area contributed by atoms with Crippen LogP contribution in [0.2, 0.25) is 0 Å². The molecule has 1 unspecified atom stereocenters. The molecular formula is C13H11N3S. The smallest absolute Gasteiger partial charge is 0.126 e. The normalized spacial score (nSPS) is 18.6. The number of hydrazone groups is 1. The molecule has 3 nitrogen and oxygen atoms in total. The first-order valence-electron chi connectivity index (χ1n) is 5.39. The summed E-state index contributed by atoms with van der Waals surface area (Å²) < 4.78 is 0. The second-order valence-corrected chi connectivity index (χ2v) is 4.79. The lowest BCUT2D eigenvalue weighted by molar-refractivity contribution is 0.741. The summed E-state index contributed by atoms with van der Waals surface area (Å²) in [4.78, 5) is 4.12. The van der Waals surface area contributed by atoms with Crippen LogP contribution in [0.5, 0.6) is 0 Å². The third-order valence-electron chi connectivity index (χ3n) is 2.52. The van der Waals surface area contributed by atoms with Crippen LogP contribution in [-0.4, -0.2) is 10.0 Å². The van der Waals surface area contributed by atoms with Crippen LogP contribution in [0, 0.1) is 0 Å². The SMILES string of the molecule is c1ccc(C2=NNC(c3cccnc3)S2)cc1. The number of thioether (sulfide) groups is 1. The summed E-state index contributed by atoms with van der Waals surface area (Å²) in [6.07, 6.45) is 3.65. The van der Waals surface area contributed by atoms with E-state index in [0.717, 1.165) is 16.2 Å². The number of aromatic nitrogens is 1. The van der Waals surface area contributed by atoms with Crippen LogP contribution in [0.3, 0.4) is 0 Å². The molecule has 0 bridgehead atoms. The molecule has 1 N–H and O–H groups in total. The number of nitrogens with zero attached hydrogens (tertiary/aromatic N) is 2. The molecule has 0 saturated heterocycles. The maximum absolute atomic E-state index is 4.37. The van der Waals surface area contributed by atoms with Crippen molar-refractivity contribution in [2.45, 2.75) is 5.37 Å². The van der Waals surface area contributed by atoms with Gasteiger partial charge in [-0.2, -0.15) is 5.10 Å². The lowest BCUT2D eigenvalue weighted by atomic mass is 10.2. The summed E-state index contributed by atoms with van der Waals surface area (Å²) in [6, 6.07) is 14.2. The Kier molecular flexibility index (Phi) is 2.80. The van der Waals surface area contributed by atoms with Gasteiger partial charge in [-0.1, -0.05) is 48.2 Å². The van der Waals surface area contributed by atoms with Crippen LogP contribution in [0.25, 0.3) is 0 Å². The van der Waals surface area contributed by atoms with E-state index in [4.69, 9.17) is 0 Å². The molecule has 1 aliphatic rings. The summed E-state index contributed by atoms with van der Waals surface area (Å²) in [5.74, 6) is 0. The van der Waals surface area contributed by atoms with Crippen LogP contribution in [0.15, 0.2) is 60.0 Å². The van der Waals surface area contributed by atoms with Crippen molar-refractivity contribution in [2.75, 3.05) is 0 Å². The Hall–Kier alpha value is -1.81. The minimum atomic E-state index is 0.166. The van der Waals surface area contributed by atoms with Crippen LogP contribution >= 0.6 is 11.8 Å². The quantitative estimate of drug-likeness (QED) is 0.878. The maximum atomic E-state index is 4.37. The third kappa shape index (κ3) is 2.17. The molecule has 1 aromatic carbocycles. The standard InChI is InChI=1S/C13H11N3S/c1-2-5-10(6-3-1)12-15-16-13(17-12)11-7-4-8-14-9-11/h1-9,13,16H. The molecule has 1 aliphatic heterocycles. The van der Waals surface area contributed by atoms with Gasteiger partial charge in [0.05, 0.1) is 0 Å². The first-order chi connectivity index (χ1) is 8.43. The van der Waals surface area contributed by atoms with E-state index in [-0.39, 0.29) is 5.37 Å². The Morgan fingerprint density at radius 2 is 1.94 bits per heavy atom. The van der Waals surface area contributed by atoms with E-state index in [0.29, 0.717) is 0 Å². The Bertz CT molecular complexity index is 525. The van der Waals surface area contributed by atoms with Crippen molar-refractivity contribution in [3.8, 4) is 0 Å². The van der Waals surface area contributed by atoms with Gasteiger partial charge in [-0.3, -0.25) is 10.4 Å². The number of rotatable bonds is 2. The van der Waals surface area contributed by atoms with Crippen molar-refractivity contribution < 1.29 is 0 Å². The molecule has 84 valence electrons. The third-order valence-corrected chi connectivity index (χ3v) is 3.68. The van der Waals surface area contributed by atoms with Crippen molar-refractivity contribution in [1.82, 2.24) is 10.4 Å². The molecule has 0 radical (unpaired) electrons. The fourth-order valence-electron chi connectivity index (χ4n) is 1.67. The Balaban J connectivity index is 1.78. The molecule has 2 aromatic rings. The fraction of sp³-hybridized carbons (Fsp3) is 0.0769. The molecule has 0 fully saturated rings. The molecule has 1 aromatic heterocycles. The zero-order valence-corrected chi connectivity index (χ0v) is 9.89. The molecule has 1 atom stereocenters. The monoisotopic (exact) mass is 241 g/mol. The lowest BCUT2D eigenvalue weighted by Gasteiger charge is -2.07.